The minimum atomic E-state index is 0.605. The summed E-state index contributed by atoms with van der Waals surface area (Å²) in [7, 11) is 1.65. The number of nitrogen functional groups attached to an aromatic ring is 1. The first-order chi connectivity index (χ1) is 10.7. The van der Waals surface area contributed by atoms with E-state index in [0.717, 1.165) is 28.3 Å². The zero-order valence-electron chi connectivity index (χ0n) is 12.5. The van der Waals surface area contributed by atoms with Gasteiger partial charge in [0.1, 0.15) is 11.6 Å². The second-order valence-electron chi connectivity index (χ2n) is 4.99. The number of hydrogen-bond acceptors (Lipinski definition) is 5. The van der Waals surface area contributed by atoms with Crippen molar-refractivity contribution in [2.24, 2.45) is 0 Å². The molecule has 3 rings (SSSR count). The number of nitrogens with two attached hydrogens (primary N) is 1. The highest BCUT2D eigenvalue weighted by atomic mass is 16.5. The molecule has 0 bridgehead atoms. The van der Waals surface area contributed by atoms with E-state index < -0.39 is 0 Å². The smallest absolute Gasteiger partial charge is 0.122 e. The normalized spacial score (nSPS) is 10.6. The molecule has 1 aromatic carbocycles. The lowest BCUT2D eigenvalue weighted by atomic mass is 10.1. The summed E-state index contributed by atoms with van der Waals surface area (Å²) >= 11 is 0. The topological polar surface area (TPSA) is 78.8 Å². The molecule has 6 heteroatoms. The van der Waals surface area contributed by atoms with Crippen molar-refractivity contribution in [2.45, 2.75) is 13.5 Å². The third kappa shape index (κ3) is 2.76. The molecule has 0 fully saturated rings. The Morgan fingerprint density at radius 3 is 2.64 bits per heavy atom. The molecule has 0 amide bonds. The lowest BCUT2D eigenvalue weighted by molar-refractivity contribution is 0.414. The maximum Gasteiger partial charge on any atom is 0.122 e. The molecule has 2 aromatic heterocycles. The Kier molecular flexibility index (Phi) is 3.74. The first kappa shape index (κ1) is 14.1. The zero-order chi connectivity index (χ0) is 15.5. The second-order valence-corrected chi connectivity index (χ2v) is 4.99. The van der Waals surface area contributed by atoms with Crippen molar-refractivity contribution in [2.75, 3.05) is 12.8 Å². The quantitative estimate of drug-likeness (QED) is 0.799. The summed E-state index contributed by atoms with van der Waals surface area (Å²) < 4.78 is 6.93. The fourth-order valence-electron chi connectivity index (χ4n) is 2.27. The predicted octanol–water partition coefficient (Wildman–Crippen LogP) is 2.29. The second kappa shape index (κ2) is 5.85. The summed E-state index contributed by atoms with van der Waals surface area (Å²) in [5, 5.41) is 12.5. The number of rotatable bonds is 4. The van der Waals surface area contributed by atoms with Gasteiger partial charge in [-0.25, -0.2) is 4.68 Å². The SMILES string of the molecule is COc1ccc(Cn2nc(-c3ccnnc3C)cc2N)cc1. The van der Waals surface area contributed by atoms with Crippen LogP contribution in [0.5, 0.6) is 5.75 Å². The molecule has 2 heterocycles. The molecule has 0 radical (unpaired) electrons. The van der Waals surface area contributed by atoms with Crippen LogP contribution in [0.4, 0.5) is 5.82 Å². The van der Waals surface area contributed by atoms with Crippen molar-refractivity contribution in [1.82, 2.24) is 20.0 Å². The molecule has 3 aromatic rings. The molecule has 0 atom stereocenters. The van der Waals surface area contributed by atoms with Gasteiger partial charge in [-0.15, -0.1) is 0 Å². The fraction of sp³-hybridized carbons (Fsp3) is 0.188. The third-order valence-corrected chi connectivity index (χ3v) is 3.48. The molecule has 0 aliphatic rings. The van der Waals surface area contributed by atoms with Gasteiger partial charge in [-0.05, 0) is 30.7 Å². The highest BCUT2D eigenvalue weighted by molar-refractivity contribution is 5.63. The van der Waals surface area contributed by atoms with Gasteiger partial charge in [0.15, 0.2) is 0 Å². The standard InChI is InChI=1S/C16H17N5O/c1-11-14(7-8-18-19-11)15-9-16(17)21(20-15)10-12-3-5-13(22-2)6-4-12/h3-9H,10,17H2,1-2H3. The predicted molar refractivity (Wildman–Crippen MR) is 84.5 cm³/mol. The van der Waals surface area contributed by atoms with Crippen LogP contribution in [0.2, 0.25) is 0 Å². The van der Waals surface area contributed by atoms with Crippen LogP contribution in [0.25, 0.3) is 11.3 Å². The molecule has 0 spiro atoms. The zero-order valence-corrected chi connectivity index (χ0v) is 12.5. The number of hydrogen-bond donors (Lipinski definition) is 1. The van der Waals surface area contributed by atoms with Crippen molar-refractivity contribution in [1.29, 1.82) is 0 Å². The van der Waals surface area contributed by atoms with Crippen LogP contribution in [0.1, 0.15) is 11.3 Å². The van der Waals surface area contributed by atoms with Gasteiger partial charge in [0, 0.05) is 11.6 Å². The highest BCUT2D eigenvalue weighted by Gasteiger charge is 2.10. The lowest BCUT2D eigenvalue weighted by Crippen LogP contribution is -2.05. The first-order valence-electron chi connectivity index (χ1n) is 6.92. The largest absolute Gasteiger partial charge is 0.497 e. The van der Waals surface area contributed by atoms with E-state index in [2.05, 4.69) is 15.3 Å². The van der Waals surface area contributed by atoms with Gasteiger partial charge < -0.3 is 10.5 Å². The van der Waals surface area contributed by atoms with E-state index in [4.69, 9.17) is 10.5 Å². The van der Waals surface area contributed by atoms with Crippen LogP contribution in [-0.4, -0.2) is 27.1 Å². The van der Waals surface area contributed by atoms with Gasteiger partial charge in [0.05, 0.1) is 31.2 Å². The summed E-state index contributed by atoms with van der Waals surface area (Å²) in [6.45, 7) is 2.51. The van der Waals surface area contributed by atoms with Gasteiger partial charge >= 0.3 is 0 Å². The Balaban J connectivity index is 1.87. The average Bonchev–Trinajstić information content (AvgIpc) is 2.89. The van der Waals surface area contributed by atoms with Crippen molar-refractivity contribution < 1.29 is 4.74 Å². The molecule has 6 nitrogen and oxygen atoms in total. The van der Waals surface area contributed by atoms with E-state index in [1.807, 2.05) is 43.3 Å². The van der Waals surface area contributed by atoms with Gasteiger partial charge in [0.2, 0.25) is 0 Å². The van der Waals surface area contributed by atoms with Gasteiger partial charge in [-0.1, -0.05) is 12.1 Å². The maximum absolute atomic E-state index is 6.07. The molecule has 0 aliphatic heterocycles. The van der Waals surface area contributed by atoms with Crippen LogP contribution >= 0.6 is 0 Å². The van der Waals surface area contributed by atoms with E-state index in [1.54, 1.807) is 18.0 Å². The average molecular weight is 295 g/mol. The van der Waals surface area contributed by atoms with E-state index in [1.165, 1.54) is 0 Å². The molecule has 0 saturated heterocycles. The molecular weight excluding hydrogens is 278 g/mol. The molecule has 22 heavy (non-hydrogen) atoms. The highest BCUT2D eigenvalue weighted by Crippen LogP contribution is 2.23. The number of ether oxygens (including phenoxy) is 1. The molecule has 0 saturated carbocycles. The summed E-state index contributed by atoms with van der Waals surface area (Å²) in [5.41, 5.74) is 9.75. The van der Waals surface area contributed by atoms with Gasteiger partial charge in [-0.2, -0.15) is 15.3 Å². The van der Waals surface area contributed by atoms with Crippen LogP contribution < -0.4 is 10.5 Å². The lowest BCUT2D eigenvalue weighted by Gasteiger charge is -2.05. The first-order valence-corrected chi connectivity index (χ1v) is 6.92. The minimum Gasteiger partial charge on any atom is -0.497 e. The van der Waals surface area contributed by atoms with E-state index >= 15 is 0 Å². The number of aryl methyl sites for hydroxylation is 1. The molecule has 112 valence electrons. The number of aromatic nitrogens is 4. The van der Waals surface area contributed by atoms with Gasteiger partial charge in [-0.3, -0.25) is 0 Å². The molecule has 0 aliphatic carbocycles. The number of benzene rings is 1. The Labute approximate surface area is 128 Å². The van der Waals surface area contributed by atoms with Crippen molar-refractivity contribution in [3.05, 3.63) is 53.9 Å². The van der Waals surface area contributed by atoms with Crippen molar-refractivity contribution >= 4 is 5.82 Å². The summed E-state index contributed by atoms with van der Waals surface area (Å²) in [5.74, 6) is 1.44. The third-order valence-electron chi connectivity index (χ3n) is 3.48. The minimum absolute atomic E-state index is 0.605. The van der Waals surface area contributed by atoms with Crippen molar-refractivity contribution in [3.63, 3.8) is 0 Å². The van der Waals surface area contributed by atoms with E-state index in [9.17, 15) is 0 Å². The summed E-state index contributed by atoms with van der Waals surface area (Å²) in [6.07, 6.45) is 1.65. The Morgan fingerprint density at radius 2 is 1.95 bits per heavy atom. The Hall–Kier alpha value is -2.89. The van der Waals surface area contributed by atoms with Crippen LogP contribution in [0.15, 0.2) is 42.6 Å². The molecule has 0 unspecified atom stereocenters. The Morgan fingerprint density at radius 1 is 1.18 bits per heavy atom. The van der Waals surface area contributed by atoms with Gasteiger partial charge in [0.25, 0.3) is 0 Å². The van der Waals surface area contributed by atoms with Crippen LogP contribution in [0.3, 0.4) is 0 Å². The summed E-state index contributed by atoms with van der Waals surface area (Å²) in [6, 6.07) is 11.6. The van der Waals surface area contributed by atoms with E-state index in [-0.39, 0.29) is 0 Å². The monoisotopic (exact) mass is 295 g/mol. The molecular formula is C16H17N5O. The van der Waals surface area contributed by atoms with E-state index in [0.29, 0.717) is 12.4 Å². The Bertz CT molecular complexity index is 779. The fourth-order valence-corrected chi connectivity index (χ4v) is 2.27. The number of anilines is 1. The molecule has 2 N–H and O–H groups in total. The summed E-state index contributed by atoms with van der Waals surface area (Å²) in [4.78, 5) is 0. The van der Waals surface area contributed by atoms with Crippen molar-refractivity contribution in [3.8, 4) is 17.0 Å². The number of nitrogens with zero attached hydrogens (tertiary/aromatic N) is 4. The van der Waals surface area contributed by atoms with Crippen LogP contribution in [-0.2, 0) is 6.54 Å². The number of methoxy groups -OCH3 is 1. The van der Waals surface area contributed by atoms with Crippen LogP contribution in [0, 0.1) is 6.92 Å². The maximum atomic E-state index is 6.07.